The third-order valence-electron chi connectivity index (χ3n) is 5.45. The van der Waals surface area contributed by atoms with E-state index in [-0.39, 0.29) is 24.8 Å². The van der Waals surface area contributed by atoms with Gasteiger partial charge in [-0.2, -0.15) is 107 Å². The fourth-order valence-corrected chi connectivity index (χ4v) is 3.59. The molecule has 4 aromatic carbocycles. The molecular weight excluding hydrogens is 539 g/mol. The van der Waals surface area contributed by atoms with Crippen LogP contribution in [0.1, 0.15) is 39.8 Å². The average Bonchev–Trinajstić information content (AvgIpc) is 3.59. The Hall–Kier alpha value is -2.48. The summed E-state index contributed by atoms with van der Waals surface area (Å²) >= 11 is 1.75. The van der Waals surface area contributed by atoms with Crippen molar-refractivity contribution in [3.63, 3.8) is 0 Å². The molecule has 6 rings (SSSR count). The minimum absolute atomic E-state index is 0. The van der Waals surface area contributed by atoms with Crippen molar-refractivity contribution in [2.24, 2.45) is 0 Å². The van der Waals surface area contributed by atoms with E-state index in [0.717, 1.165) is 12.8 Å². The Morgan fingerprint density at radius 1 is 0.684 bits per heavy atom. The Morgan fingerprint density at radius 2 is 1.24 bits per heavy atom. The Bertz CT molecular complexity index is 1150. The molecule has 0 aliphatic heterocycles. The topological polar surface area (TPSA) is 0 Å². The first-order valence-electron chi connectivity index (χ1n) is 12.1. The fourth-order valence-electron chi connectivity index (χ4n) is 3.59. The SMILES string of the molecule is Cc1c[c-]c2c(c1)-c1cc(C)ccc1C2.Cc1cc[c-]cc1.Cc1cc[c-]cc1.Cl.Cl.[C-]1=CC=CC1.[CH2]=[Ti]. The van der Waals surface area contributed by atoms with Crippen LogP contribution < -0.4 is 0 Å². The number of allylic oxidation sites excluding steroid dienone is 4. The van der Waals surface area contributed by atoms with E-state index in [1.54, 1.807) is 20.0 Å². The molecule has 4 aromatic rings. The molecule has 0 unspecified atom stereocenters. The molecule has 0 nitrogen and oxygen atoms in total. The summed E-state index contributed by atoms with van der Waals surface area (Å²) < 4.78 is 0. The average molecular weight is 575 g/mol. The summed E-state index contributed by atoms with van der Waals surface area (Å²) in [5.41, 5.74) is 10.8. The van der Waals surface area contributed by atoms with Crippen LogP contribution in [0.4, 0.5) is 0 Å². The van der Waals surface area contributed by atoms with Gasteiger partial charge in [0, 0.05) is 0 Å². The molecule has 0 amide bonds. The van der Waals surface area contributed by atoms with Crippen LogP contribution in [0, 0.1) is 52.0 Å². The van der Waals surface area contributed by atoms with Crippen LogP contribution in [-0.4, -0.2) is 4.82 Å². The Kier molecular flexibility index (Phi) is 19.1. The van der Waals surface area contributed by atoms with Gasteiger partial charge in [-0.05, 0) is 13.3 Å². The van der Waals surface area contributed by atoms with Crippen LogP contribution in [0.2, 0.25) is 0 Å². The molecule has 0 heterocycles. The van der Waals surface area contributed by atoms with Gasteiger partial charge in [-0.1, -0.05) is 55.7 Å². The summed E-state index contributed by atoms with van der Waals surface area (Å²) in [6, 6.07) is 36.1. The second kappa shape index (κ2) is 20.5. The van der Waals surface area contributed by atoms with Crippen molar-refractivity contribution < 1.29 is 20.0 Å². The van der Waals surface area contributed by atoms with Gasteiger partial charge in [-0.15, -0.1) is 36.8 Å². The molecule has 0 spiro atoms. The molecule has 0 N–H and O–H groups in total. The van der Waals surface area contributed by atoms with E-state index in [4.69, 9.17) is 0 Å². The zero-order valence-electron chi connectivity index (χ0n) is 22.7. The van der Waals surface area contributed by atoms with Crippen molar-refractivity contribution in [3.05, 3.63) is 155 Å². The molecule has 0 bridgehead atoms. The van der Waals surface area contributed by atoms with Crippen LogP contribution >= 0.6 is 24.8 Å². The van der Waals surface area contributed by atoms with Gasteiger partial charge in [-0.3, -0.25) is 6.08 Å². The maximum absolute atomic E-state index is 3.38. The number of halogens is 2. The number of hydrogen-bond donors (Lipinski definition) is 0. The number of rotatable bonds is 0. The van der Waals surface area contributed by atoms with Gasteiger partial charge in [0.1, 0.15) is 0 Å². The van der Waals surface area contributed by atoms with E-state index >= 15 is 0 Å². The first-order chi connectivity index (χ1) is 17.5. The van der Waals surface area contributed by atoms with Gasteiger partial charge in [-0.25, -0.2) is 12.2 Å². The zero-order chi connectivity index (χ0) is 26.2. The van der Waals surface area contributed by atoms with Gasteiger partial charge < -0.3 is 0 Å². The van der Waals surface area contributed by atoms with Gasteiger partial charge in [0.2, 0.25) is 0 Å². The van der Waals surface area contributed by atoms with Crippen molar-refractivity contribution in [2.45, 2.75) is 40.5 Å². The molecule has 2 aliphatic carbocycles. The molecule has 0 saturated carbocycles. The summed E-state index contributed by atoms with van der Waals surface area (Å²) in [7, 11) is 0. The van der Waals surface area contributed by atoms with Crippen LogP contribution in [0.5, 0.6) is 0 Å². The van der Waals surface area contributed by atoms with E-state index in [1.165, 1.54) is 44.5 Å². The van der Waals surface area contributed by atoms with Crippen molar-refractivity contribution in [1.29, 1.82) is 0 Å². The van der Waals surface area contributed by atoms with Crippen molar-refractivity contribution in [2.75, 3.05) is 0 Å². The predicted octanol–water partition coefficient (Wildman–Crippen LogP) is 9.38. The molecule has 198 valence electrons. The molecule has 0 atom stereocenters. The van der Waals surface area contributed by atoms with E-state index < -0.39 is 0 Å². The number of benzene rings is 4. The second-order valence-electron chi connectivity index (χ2n) is 8.56. The van der Waals surface area contributed by atoms with Crippen molar-refractivity contribution in [1.82, 2.24) is 0 Å². The molecule has 0 saturated heterocycles. The van der Waals surface area contributed by atoms with Gasteiger partial charge >= 0.3 is 24.8 Å². The monoisotopic (exact) mass is 574 g/mol. The van der Waals surface area contributed by atoms with Crippen LogP contribution in [0.3, 0.4) is 0 Å². The molecule has 0 aromatic heterocycles. The Balaban J connectivity index is 0.000000507. The predicted molar refractivity (Wildman–Crippen MR) is 166 cm³/mol. The van der Waals surface area contributed by atoms with E-state index in [0.29, 0.717) is 0 Å². The molecule has 38 heavy (non-hydrogen) atoms. The number of hydrogen-bond acceptors (Lipinski definition) is 0. The normalized spacial score (nSPS) is 10.5. The first kappa shape index (κ1) is 35.5. The van der Waals surface area contributed by atoms with Crippen LogP contribution in [0.15, 0.2) is 97.1 Å². The quantitative estimate of drug-likeness (QED) is 0.128. The number of fused-ring (bicyclic) bond motifs is 3. The van der Waals surface area contributed by atoms with Gasteiger partial charge in [0.15, 0.2) is 0 Å². The third-order valence-corrected chi connectivity index (χ3v) is 5.45. The van der Waals surface area contributed by atoms with E-state index in [9.17, 15) is 0 Å². The Morgan fingerprint density at radius 3 is 1.66 bits per heavy atom. The van der Waals surface area contributed by atoms with E-state index in [2.05, 4.69) is 93.2 Å². The second-order valence-corrected chi connectivity index (χ2v) is 8.56. The summed E-state index contributed by atoms with van der Waals surface area (Å²) in [5.74, 6) is 0. The zero-order valence-corrected chi connectivity index (χ0v) is 25.9. The number of aryl methyl sites for hydroxylation is 4. The fraction of sp³-hybridized carbons (Fsp3) is 0.171. The summed E-state index contributed by atoms with van der Waals surface area (Å²) in [6.07, 6.45) is 11.0. The van der Waals surface area contributed by atoms with Crippen molar-refractivity contribution in [3.8, 4) is 11.1 Å². The molecule has 0 radical (unpaired) electrons. The molecule has 2 aliphatic rings. The van der Waals surface area contributed by atoms with Crippen LogP contribution in [-0.2, 0) is 26.4 Å². The van der Waals surface area contributed by atoms with E-state index in [1.807, 2.05) is 60.7 Å². The molecular formula is C35H36Cl2Ti-4. The van der Waals surface area contributed by atoms with Crippen molar-refractivity contribution >= 4 is 29.6 Å². The summed E-state index contributed by atoms with van der Waals surface area (Å²) in [6.45, 7) is 8.41. The maximum atomic E-state index is 3.38. The van der Waals surface area contributed by atoms with Gasteiger partial charge in [0.25, 0.3) is 0 Å². The Labute approximate surface area is 254 Å². The standard InChI is InChI=1S/C15H13.2C7H7.C5H5.CH2.2ClH.Ti/c1-10-3-5-12-9-13-6-4-11(2)8-15(13)14(12)7-10;2*1-7-5-3-2-4-6-7;1-2-4-5-3-1;;;;/h3-5,7-8H,9H2,1-2H3;2*3-6H,1H3;1-3H,4H2;1H2;2*1H;/q4*-1;;;;. The first-order valence-corrected chi connectivity index (χ1v) is 13.2. The molecule has 0 fully saturated rings. The van der Waals surface area contributed by atoms with Gasteiger partial charge in [0.05, 0.1) is 0 Å². The third kappa shape index (κ3) is 12.9. The van der Waals surface area contributed by atoms with Crippen LogP contribution in [0.25, 0.3) is 11.1 Å². The molecule has 3 heteroatoms. The summed E-state index contributed by atoms with van der Waals surface area (Å²) in [5, 5.41) is 0. The summed E-state index contributed by atoms with van der Waals surface area (Å²) in [4.78, 5) is 3.25. The minimum atomic E-state index is 0.